The van der Waals surface area contributed by atoms with Crippen molar-refractivity contribution >= 4 is 23.2 Å². The molecule has 29 heavy (non-hydrogen) atoms. The summed E-state index contributed by atoms with van der Waals surface area (Å²) in [4.78, 5) is 14.7. The molecule has 2 aromatic heterocycles. The molecule has 1 aromatic carbocycles. The van der Waals surface area contributed by atoms with E-state index in [0.29, 0.717) is 31.0 Å². The number of fused-ring (bicyclic) bond motifs is 1. The molecule has 7 heteroatoms. The minimum atomic E-state index is 0.181. The summed E-state index contributed by atoms with van der Waals surface area (Å²) in [5.74, 6) is 2.16. The predicted octanol–water partition coefficient (Wildman–Crippen LogP) is 4.26. The Morgan fingerprint density at radius 2 is 2.17 bits per heavy atom. The van der Waals surface area contributed by atoms with Crippen LogP contribution in [0.3, 0.4) is 0 Å². The van der Waals surface area contributed by atoms with Crippen molar-refractivity contribution in [2.24, 2.45) is 0 Å². The smallest absolute Gasteiger partial charge is 0.222 e. The monoisotopic (exact) mass is 412 g/mol. The molecule has 0 radical (unpaired) electrons. The van der Waals surface area contributed by atoms with Crippen LogP contribution in [-0.2, 0) is 4.79 Å². The number of benzene rings is 1. The molecule has 4 rings (SSSR count). The average molecular weight is 413 g/mol. The third-order valence-electron chi connectivity index (χ3n) is 5.41. The lowest BCUT2D eigenvalue weighted by Crippen LogP contribution is -2.39. The number of aromatic nitrogens is 3. The first-order chi connectivity index (χ1) is 14.1. The number of piperidine rings is 1. The summed E-state index contributed by atoms with van der Waals surface area (Å²) in [5.41, 5.74) is 1.85. The van der Waals surface area contributed by atoms with E-state index in [4.69, 9.17) is 16.3 Å². The van der Waals surface area contributed by atoms with Crippen molar-refractivity contribution in [1.82, 2.24) is 19.5 Å². The van der Waals surface area contributed by atoms with Gasteiger partial charge in [0.1, 0.15) is 11.6 Å². The second kappa shape index (κ2) is 8.82. The van der Waals surface area contributed by atoms with Crippen LogP contribution in [0.2, 0.25) is 5.02 Å². The third-order valence-corrected chi connectivity index (χ3v) is 5.64. The molecule has 1 amide bonds. The molecule has 0 saturated carbocycles. The van der Waals surface area contributed by atoms with E-state index < -0.39 is 0 Å². The summed E-state index contributed by atoms with van der Waals surface area (Å²) in [6.45, 7) is 3.99. The minimum Gasteiger partial charge on any atom is -0.493 e. The SMILES string of the molecule is Cc1cc(Cl)ccc1OCCCC(=O)N1CCCC(c2nnc3ccccn23)C1. The van der Waals surface area contributed by atoms with Crippen molar-refractivity contribution in [3.63, 3.8) is 0 Å². The minimum absolute atomic E-state index is 0.181. The molecule has 1 fully saturated rings. The molecular formula is C22H25ClN4O2. The number of hydrogen-bond acceptors (Lipinski definition) is 4. The molecule has 1 saturated heterocycles. The molecule has 0 spiro atoms. The number of rotatable bonds is 6. The summed E-state index contributed by atoms with van der Waals surface area (Å²) in [7, 11) is 0. The fraction of sp³-hybridized carbons (Fsp3) is 0.409. The number of amides is 1. The fourth-order valence-electron chi connectivity index (χ4n) is 3.89. The third kappa shape index (κ3) is 4.53. The highest BCUT2D eigenvalue weighted by Gasteiger charge is 2.27. The molecule has 0 N–H and O–H groups in total. The van der Waals surface area contributed by atoms with Gasteiger partial charge in [-0.2, -0.15) is 0 Å². The molecule has 1 unspecified atom stereocenters. The molecule has 6 nitrogen and oxygen atoms in total. The predicted molar refractivity (Wildman–Crippen MR) is 112 cm³/mol. The standard InChI is InChI=1S/C22H25ClN4O2/c1-16-14-18(23)9-10-19(16)29-13-5-8-21(28)26-11-4-6-17(15-26)22-25-24-20-7-2-3-12-27(20)22/h2-3,7,9-10,12,14,17H,4-6,8,11,13,15H2,1H3. The van der Waals surface area contributed by atoms with Gasteiger partial charge in [0.25, 0.3) is 0 Å². The largest absolute Gasteiger partial charge is 0.493 e. The zero-order valence-corrected chi connectivity index (χ0v) is 17.3. The maximum absolute atomic E-state index is 12.7. The Hall–Kier alpha value is -2.60. The van der Waals surface area contributed by atoms with E-state index in [1.165, 1.54) is 0 Å². The van der Waals surface area contributed by atoms with Gasteiger partial charge in [-0.1, -0.05) is 17.7 Å². The van der Waals surface area contributed by atoms with E-state index in [1.54, 1.807) is 0 Å². The first kappa shape index (κ1) is 19.7. The topological polar surface area (TPSA) is 59.7 Å². The quantitative estimate of drug-likeness (QED) is 0.567. The van der Waals surface area contributed by atoms with Gasteiger partial charge in [0.2, 0.25) is 5.91 Å². The highest BCUT2D eigenvalue weighted by atomic mass is 35.5. The van der Waals surface area contributed by atoms with Crippen LogP contribution in [0.1, 0.15) is 43.0 Å². The van der Waals surface area contributed by atoms with E-state index in [0.717, 1.165) is 42.2 Å². The average Bonchev–Trinajstić information content (AvgIpc) is 3.16. The zero-order valence-electron chi connectivity index (χ0n) is 16.6. The van der Waals surface area contributed by atoms with Crippen LogP contribution < -0.4 is 4.74 Å². The number of nitrogens with zero attached hydrogens (tertiary/aromatic N) is 4. The van der Waals surface area contributed by atoms with Crippen LogP contribution in [0.15, 0.2) is 42.6 Å². The van der Waals surface area contributed by atoms with Gasteiger partial charge in [-0.05, 0) is 62.1 Å². The van der Waals surface area contributed by atoms with E-state index in [1.807, 2.05) is 58.8 Å². The van der Waals surface area contributed by atoms with Gasteiger partial charge in [-0.3, -0.25) is 9.20 Å². The number of carbonyl (C=O) groups is 1. The number of pyridine rings is 1. The Bertz CT molecular complexity index is 1000. The molecule has 0 bridgehead atoms. The highest BCUT2D eigenvalue weighted by molar-refractivity contribution is 6.30. The van der Waals surface area contributed by atoms with Gasteiger partial charge in [0, 0.05) is 36.6 Å². The lowest BCUT2D eigenvalue weighted by molar-refractivity contribution is -0.132. The van der Waals surface area contributed by atoms with Gasteiger partial charge in [-0.15, -0.1) is 10.2 Å². The fourth-order valence-corrected chi connectivity index (χ4v) is 4.12. The van der Waals surface area contributed by atoms with E-state index in [-0.39, 0.29) is 11.8 Å². The molecular weight excluding hydrogens is 388 g/mol. The first-order valence-electron chi connectivity index (χ1n) is 10.1. The normalized spacial score (nSPS) is 16.9. The van der Waals surface area contributed by atoms with Crippen LogP contribution in [-0.4, -0.2) is 45.1 Å². The summed E-state index contributed by atoms with van der Waals surface area (Å²) in [5, 5.41) is 9.33. The number of likely N-dealkylation sites (tertiary alicyclic amines) is 1. The number of ether oxygens (including phenoxy) is 1. The van der Waals surface area contributed by atoms with Gasteiger partial charge in [0.05, 0.1) is 6.61 Å². The molecule has 152 valence electrons. The Morgan fingerprint density at radius 1 is 1.28 bits per heavy atom. The summed E-state index contributed by atoms with van der Waals surface area (Å²) >= 11 is 5.97. The van der Waals surface area contributed by atoms with Crippen molar-refractivity contribution in [2.45, 2.75) is 38.5 Å². The maximum atomic E-state index is 12.7. The van der Waals surface area contributed by atoms with Crippen molar-refractivity contribution in [2.75, 3.05) is 19.7 Å². The summed E-state index contributed by atoms with van der Waals surface area (Å²) < 4.78 is 7.84. The molecule has 1 aliphatic heterocycles. The van der Waals surface area contributed by atoms with Crippen LogP contribution in [0.4, 0.5) is 0 Å². The van der Waals surface area contributed by atoms with Crippen molar-refractivity contribution in [3.05, 3.63) is 59.0 Å². The molecule has 1 aliphatic rings. The van der Waals surface area contributed by atoms with Crippen molar-refractivity contribution in [1.29, 1.82) is 0 Å². The Kier molecular flexibility index (Phi) is 6.00. The number of aryl methyl sites for hydroxylation is 1. The highest BCUT2D eigenvalue weighted by Crippen LogP contribution is 2.27. The second-order valence-electron chi connectivity index (χ2n) is 7.53. The summed E-state index contributed by atoms with van der Waals surface area (Å²) in [6, 6.07) is 11.5. The first-order valence-corrected chi connectivity index (χ1v) is 10.5. The molecule has 3 heterocycles. The van der Waals surface area contributed by atoms with E-state index >= 15 is 0 Å². The molecule has 0 aliphatic carbocycles. The van der Waals surface area contributed by atoms with E-state index in [9.17, 15) is 4.79 Å². The van der Waals surface area contributed by atoms with Crippen LogP contribution >= 0.6 is 11.6 Å². The van der Waals surface area contributed by atoms with Crippen molar-refractivity contribution < 1.29 is 9.53 Å². The van der Waals surface area contributed by atoms with Crippen LogP contribution in [0.25, 0.3) is 5.65 Å². The molecule has 1 atom stereocenters. The van der Waals surface area contributed by atoms with Gasteiger partial charge < -0.3 is 9.64 Å². The Labute approximate surface area is 175 Å². The Morgan fingerprint density at radius 3 is 3.03 bits per heavy atom. The van der Waals surface area contributed by atoms with E-state index in [2.05, 4.69) is 10.2 Å². The van der Waals surface area contributed by atoms with Crippen molar-refractivity contribution in [3.8, 4) is 5.75 Å². The molecule has 3 aromatic rings. The second-order valence-corrected chi connectivity index (χ2v) is 7.96. The zero-order chi connectivity index (χ0) is 20.2. The summed E-state index contributed by atoms with van der Waals surface area (Å²) in [6.07, 6.45) is 5.18. The van der Waals surface area contributed by atoms with Crippen LogP contribution in [0.5, 0.6) is 5.75 Å². The lowest BCUT2D eigenvalue weighted by atomic mass is 9.97. The number of carbonyl (C=O) groups excluding carboxylic acids is 1. The number of halogens is 1. The lowest BCUT2D eigenvalue weighted by Gasteiger charge is -2.32. The number of hydrogen-bond donors (Lipinski definition) is 0. The van der Waals surface area contributed by atoms with Gasteiger partial charge in [-0.25, -0.2) is 0 Å². The van der Waals surface area contributed by atoms with Gasteiger partial charge in [0.15, 0.2) is 5.65 Å². The van der Waals surface area contributed by atoms with Crippen LogP contribution in [0, 0.1) is 6.92 Å². The van der Waals surface area contributed by atoms with Gasteiger partial charge >= 0.3 is 0 Å². The Balaban J connectivity index is 1.29. The maximum Gasteiger partial charge on any atom is 0.222 e.